The Bertz CT molecular complexity index is 1370. The maximum atomic E-state index is 13.8. The van der Waals surface area contributed by atoms with Crippen LogP contribution >= 0.6 is 23.1 Å². The number of amides is 2. The van der Waals surface area contributed by atoms with Gasteiger partial charge in [-0.1, -0.05) is 36.0 Å². The SMILES string of the molecule is O=C(CSc1nnc(CNC(=O)c2cccs2)n1-c1cccc(C(F)(F)F)c1)Nc1ccccc1F. The Morgan fingerprint density at radius 2 is 1.83 bits per heavy atom. The Kier molecular flexibility index (Phi) is 7.70. The van der Waals surface area contributed by atoms with E-state index >= 15 is 0 Å². The zero-order valence-electron chi connectivity index (χ0n) is 18.3. The maximum Gasteiger partial charge on any atom is 0.416 e. The first kappa shape index (κ1) is 25.4. The first-order valence-electron chi connectivity index (χ1n) is 10.3. The fourth-order valence-electron chi connectivity index (χ4n) is 3.12. The molecule has 0 fully saturated rings. The van der Waals surface area contributed by atoms with Gasteiger partial charge in [0.05, 0.1) is 34.1 Å². The molecule has 2 heterocycles. The summed E-state index contributed by atoms with van der Waals surface area (Å²) >= 11 is 2.14. The Morgan fingerprint density at radius 3 is 2.56 bits per heavy atom. The molecule has 0 aliphatic carbocycles. The molecule has 0 saturated carbocycles. The van der Waals surface area contributed by atoms with Crippen LogP contribution in [0.1, 0.15) is 21.1 Å². The molecule has 0 radical (unpaired) electrons. The summed E-state index contributed by atoms with van der Waals surface area (Å²) < 4.78 is 55.1. The van der Waals surface area contributed by atoms with Crippen molar-refractivity contribution in [2.75, 3.05) is 11.1 Å². The lowest BCUT2D eigenvalue weighted by Gasteiger charge is -2.13. The lowest BCUT2D eigenvalue weighted by atomic mass is 10.2. The Morgan fingerprint density at radius 1 is 1.03 bits per heavy atom. The molecule has 2 aromatic carbocycles. The average Bonchev–Trinajstić information content (AvgIpc) is 3.53. The number of carbonyl (C=O) groups is 2. The number of nitrogens with one attached hydrogen (secondary N) is 2. The smallest absolute Gasteiger partial charge is 0.344 e. The van der Waals surface area contributed by atoms with Gasteiger partial charge in [0.15, 0.2) is 11.0 Å². The minimum absolute atomic E-state index is 0.000534. The molecule has 4 aromatic rings. The standard InChI is InChI=1S/C23H17F4N5O2S2/c24-16-7-1-2-8-17(16)29-20(33)13-36-22-31-30-19(12-28-21(34)18-9-4-10-35-18)32(22)15-6-3-5-14(11-15)23(25,26)27/h1-11H,12-13H2,(H,28,34)(H,29,33). The second kappa shape index (κ2) is 10.9. The number of hydrogen-bond acceptors (Lipinski definition) is 6. The number of thiophene rings is 1. The molecule has 2 amide bonds. The van der Waals surface area contributed by atoms with Crippen LogP contribution in [0.25, 0.3) is 5.69 Å². The molecule has 0 saturated heterocycles. The molecule has 0 spiro atoms. The van der Waals surface area contributed by atoms with Crippen molar-refractivity contribution in [3.63, 3.8) is 0 Å². The van der Waals surface area contributed by atoms with Crippen LogP contribution in [0.4, 0.5) is 23.2 Å². The van der Waals surface area contributed by atoms with Crippen LogP contribution in [-0.2, 0) is 17.5 Å². The molecule has 36 heavy (non-hydrogen) atoms. The number of anilines is 1. The highest BCUT2D eigenvalue weighted by molar-refractivity contribution is 7.99. The van der Waals surface area contributed by atoms with Crippen molar-refractivity contribution in [3.05, 3.63) is 88.1 Å². The van der Waals surface area contributed by atoms with Crippen LogP contribution in [0.2, 0.25) is 0 Å². The topological polar surface area (TPSA) is 88.9 Å². The normalized spacial score (nSPS) is 11.3. The molecular weight excluding hydrogens is 518 g/mol. The van der Waals surface area contributed by atoms with Gasteiger partial charge in [0.25, 0.3) is 5.91 Å². The molecule has 7 nitrogen and oxygen atoms in total. The van der Waals surface area contributed by atoms with Crippen LogP contribution in [0.3, 0.4) is 0 Å². The van der Waals surface area contributed by atoms with E-state index in [9.17, 15) is 27.2 Å². The molecule has 0 bridgehead atoms. The third kappa shape index (κ3) is 6.10. The number of hydrogen-bond donors (Lipinski definition) is 2. The number of thioether (sulfide) groups is 1. The van der Waals surface area contributed by atoms with Gasteiger partial charge in [-0.15, -0.1) is 21.5 Å². The van der Waals surface area contributed by atoms with Crippen LogP contribution in [0, 0.1) is 5.82 Å². The van der Waals surface area contributed by atoms with E-state index in [-0.39, 0.29) is 40.6 Å². The van der Waals surface area contributed by atoms with Crippen molar-refractivity contribution in [2.45, 2.75) is 17.9 Å². The first-order chi connectivity index (χ1) is 17.2. The van der Waals surface area contributed by atoms with Gasteiger partial charge in [-0.2, -0.15) is 13.2 Å². The van der Waals surface area contributed by atoms with Crippen LogP contribution < -0.4 is 10.6 Å². The molecule has 0 aliphatic rings. The number of alkyl halides is 3. The summed E-state index contributed by atoms with van der Waals surface area (Å²) in [5.74, 6) is -1.58. The van der Waals surface area contributed by atoms with E-state index in [2.05, 4.69) is 20.8 Å². The average molecular weight is 536 g/mol. The summed E-state index contributed by atoms with van der Waals surface area (Å²) in [6, 6.07) is 13.5. The van der Waals surface area contributed by atoms with Gasteiger partial charge in [-0.3, -0.25) is 14.2 Å². The van der Waals surface area contributed by atoms with E-state index in [4.69, 9.17) is 0 Å². The number of halogens is 4. The minimum Gasteiger partial charge on any atom is -0.344 e. The van der Waals surface area contributed by atoms with Crippen LogP contribution in [0.15, 0.2) is 71.2 Å². The van der Waals surface area contributed by atoms with Crippen molar-refractivity contribution in [3.8, 4) is 5.69 Å². The molecule has 2 aromatic heterocycles. The highest BCUT2D eigenvalue weighted by Gasteiger charge is 2.31. The molecular formula is C23H17F4N5O2S2. The maximum absolute atomic E-state index is 13.8. The van der Waals surface area contributed by atoms with E-state index in [0.29, 0.717) is 4.88 Å². The lowest BCUT2D eigenvalue weighted by molar-refractivity contribution is -0.137. The number of benzene rings is 2. The summed E-state index contributed by atoms with van der Waals surface area (Å²) in [6.07, 6.45) is -4.58. The first-order valence-corrected chi connectivity index (χ1v) is 12.2. The van der Waals surface area contributed by atoms with Crippen molar-refractivity contribution in [2.24, 2.45) is 0 Å². The van der Waals surface area contributed by atoms with Gasteiger partial charge in [-0.05, 0) is 41.8 Å². The summed E-state index contributed by atoms with van der Waals surface area (Å²) in [7, 11) is 0. The monoisotopic (exact) mass is 535 g/mol. The number of aromatic nitrogens is 3. The van der Waals surface area contributed by atoms with Gasteiger partial charge >= 0.3 is 6.18 Å². The molecule has 0 aliphatic heterocycles. The van der Waals surface area contributed by atoms with Crippen LogP contribution in [0.5, 0.6) is 0 Å². The highest BCUT2D eigenvalue weighted by atomic mass is 32.2. The Labute approximate surface area is 210 Å². The number of nitrogens with zero attached hydrogens (tertiary/aromatic N) is 3. The zero-order valence-corrected chi connectivity index (χ0v) is 19.9. The van der Waals surface area contributed by atoms with Gasteiger partial charge < -0.3 is 10.6 Å². The largest absolute Gasteiger partial charge is 0.416 e. The molecule has 13 heteroatoms. The summed E-state index contributed by atoms with van der Waals surface area (Å²) in [4.78, 5) is 25.2. The molecule has 4 rings (SSSR count). The summed E-state index contributed by atoms with van der Waals surface area (Å²) in [5.41, 5.74) is -0.776. The Balaban J connectivity index is 1.57. The second-order valence-corrected chi connectivity index (χ2v) is 9.15. The van der Waals surface area contributed by atoms with E-state index in [0.717, 1.165) is 23.9 Å². The van der Waals surface area contributed by atoms with Crippen molar-refractivity contribution < 1.29 is 27.2 Å². The number of rotatable bonds is 8. The van der Waals surface area contributed by atoms with Gasteiger partial charge in [0.1, 0.15) is 5.82 Å². The third-order valence-corrected chi connectivity index (χ3v) is 6.56. The van der Waals surface area contributed by atoms with Crippen molar-refractivity contribution >= 4 is 40.6 Å². The lowest BCUT2D eigenvalue weighted by Crippen LogP contribution is -2.24. The predicted octanol–water partition coefficient (Wildman–Crippen LogP) is 5.15. The van der Waals surface area contributed by atoms with Gasteiger partial charge in [0.2, 0.25) is 5.91 Å². The molecule has 186 valence electrons. The van der Waals surface area contributed by atoms with Gasteiger partial charge in [0, 0.05) is 0 Å². The van der Waals surface area contributed by atoms with E-state index < -0.39 is 23.5 Å². The van der Waals surface area contributed by atoms with E-state index in [1.165, 1.54) is 46.2 Å². The quantitative estimate of drug-likeness (QED) is 0.241. The summed E-state index contributed by atoms with van der Waals surface area (Å²) in [5, 5.41) is 15.0. The minimum atomic E-state index is -4.58. The highest BCUT2D eigenvalue weighted by Crippen LogP contribution is 2.31. The second-order valence-electron chi connectivity index (χ2n) is 7.26. The number of carbonyl (C=O) groups excluding carboxylic acids is 2. The Hall–Kier alpha value is -3.71. The number of para-hydroxylation sites is 1. The van der Waals surface area contributed by atoms with Crippen molar-refractivity contribution in [1.29, 1.82) is 0 Å². The predicted molar refractivity (Wildman–Crippen MR) is 128 cm³/mol. The van der Waals surface area contributed by atoms with Crippen molar-refractivity contribution in [1.82, 2.24) is 20.1 Å². The van der Waals surface area contributed by atoms with Gasteiger partial charge in [-0.25, -0.2) is 4.39 Å². The fraction of sp³-hybridized carbons (Fsp3) is 0.130. The fourth-order valence-corrected chi connectivity index (χ4v) is 4.53. The molecule has 2 N–H and O–H groups in total. The zero-order chi connectivity index (χ0) is 25.7. The molecule has 0 atom stereocenters. The molecule has 0 unspecified atom stereocenters. The van der Waals surface area contributed by atoms with E-state index in [1.54, 1.807) is 23.6 Å². The van der Waals surface area contributed by atoms with Crippen LogP contribution in [-0.4, -0.2) is 32.3 Å². The van der Waals surface area contributed by atoms with E-state index in [1.807, 2.05) is 0 Å². The third-order valence-electron chi connectivity index (χ3n) is 4.76. The summed E-state index contributed by atoms with van der Waals surface area (Å²) in [6.45, 7) is -0.123.